The van der Waals surface area contributed by atoms with Gasteiger partial charge in [-0.3, -0.25) is 9.69 Å². The number of nitrogens with zero attached hydrogens (tertiary/aromatic N) is 1. The van der Waals surface area contributed by atoms with E-state index in [2.05, 4.69) is 40.5 Å². The second-order valence-electron chi connectivity index (χ2n) is 7.73. The van der Waals surface area contributed by atoms with Crippen LogP contribution in [0.3, 0.4) is 0 Å². The van der Waals surface area contributed by atoms with Gasteiger partial charge in [0, 0.05) is 19.2 Å². The maximum Gasteiger partial charge on any atom is 0.243 e. The molecule has 0 unspecified atom stereocenters. The van der Waals surface area contributed by atoms with Crippen molar-refractivity contribution >= 4 is 12.0 Å². The molecule has 0 aliphatic carbocycles. The minimum atomic E-state index is -0.0636. The Bertz CT molecular complexity index is 828. The molecule has 1 fully saturated rings. The highest BCUT2D eigenvalue weighted by molar-refractivity contribution is 5.91. The summed E-state index contributed by atoms with van der Waals surface area (Å²) in [6.07, 6.45) is 6.80. The lowest BCUT2D eigenvalue weighted by Crippen LogP contribution is -2.34. The van der Waals surface area contributed by atoms with Crippen LogP contribution in [-0.2, 0) is 11.3 Å². The van der Waals surface area contributed by atoms with Gasteiger partial charge in [-0.15, -0.1) is 0 Å². The molecule has 1 aliphatic rings. The second kappa shape index (κ2) is 11.4. The van der Waals surface area contributed by atoms with Crippen LogP contribution in [0.5, 0.6) is 11.5 Å². The quantitative estimate of drug-likeness (QED) is 0.634. The molecular weight excluding hydrogens is 376 g/mol. The Hall–Kier alpha value is -2.79. The van der Waals surface area contributed by atoms with E-state index in [4.69, 9.17) is 9.47 Å². The monoisotopic (exact) mass is 408 g/mol. The van der Waals surface area contributed by atoms with Crippen LogP contribution in [0.4, 0.5) is 0 Å². The van der Waals surface area contributed by atoms with E-state index >= 15 is 0 Å². The third-order valence-corrected chi connectivity index (χ3v) is 5.64. The number of piperidine rings is 1. The summed E-state index contributed by atoms with van der Waals surface area (Å²) in [7, 11) is 3.21. The highest BCUT2D eigenvalue weighted by atomic mass is 16.5. The lowest BCUT2D eigenvalue weighted by molar-refractivity contribution is -0.116. The number of methoxy groups -OCH3 is 2. The molecule has 30 heavy (non-hydrogen) atoms. The van der Waals surface area contributed by atoms with Crippen LogP contribution in [-0.4, -0.2) is 44.7 Å². The number of carbonyl (C=O) groups excluding carboxylic acids is 1. The minimum absolute atomic E-state index is 0.0636. The van der Waals surface area contributed by atoms with Gasteiger partial charge in [-0.1, -0.05) is 36.4 Å². The minimum Gasteiger partial charge on any atom is -0.493 e. The Morgan fingerprint density at radius 2 is 1.80 bits per heavy atom. The number of likely N-dealkylation sites (tertiary alicyclic amines) is 1. The number of nitrogens with one attached hydrogen (secondary N) is 1. The van der Waals surface area contributed by atoms with E-state index in [9.17, 15) is 4.79 Å². The fourth-order valence-electron chi connectivity index (χ4n) is 3.86. The first-order valence-electron chi connectivity index (χ1n) is 10.6. The lowest BCUT2D eigenvalue weighted by atomic mass is 9.93. The molecule has 5 heteroatoms. The molecule has 0 bridgehead atoms. The molecule has 0 saturated carbocycles. The molecule has 1 heterocycles. The van der Waals surface area contributed by atoms with Gasteiger partial charge in [0.25, 0.3) is 0 Å². The van der Waals surface area contributed by atoms with E-state index in [1.165, 1.54) is 18.4 Å². The molecule has 0 spiro atoms. The van der Waals surface area contributed by atoms with E-state index in [-0.39, 0.29) is 5.91 Å². The molecule has 3 rings (SSSR count). The third-order valence-electron chi connectivity index (χ3n) is 5.64. The number of carbonyl (C=O) groups is 1. The fourth-order valence-corrected chi connectivity index (χ4v) is 3.86. The van der Waals surface area contributed by atoms with Crippen molar-refractivity contribution in [3.63, 3.8) is 0 Å². The first kappa shape index (κ1) is 21.9. The van der Waals surface area contributed by atoms with Crippen LogP contribution in [0, 0.1) is 5.92 Å². The summed E-state index contributed by atoms with van der Waals surface area (Å²) in [5.74, 6) is 1.95. The van der Waals surface area contributed by atoms with Crippen molar-refractivity contribution in [3.8, 4) is 11.5 Å². The van der Waals surface area contributed by atoms with Crippen LogP contribution in [0.2, 0.25) is 0 Å². The lowest BCUT2D eigenvalue weighted by Gasteiger charge is -2.32. The summed E-state index contributed by atoms with van der Waals surface area (Å²) in [5.41, 5.74) is 2.28. The van der Waals surface area contributed by atoms with Gasteiger partial charge in [0.15, 0.2) is 11.5 Å². The Morgan fingerprint density at radius 1 is 1.07 bits per heavy atom. The summed E-state index contributed by atoms with van der Waals surface area (Å²) in [6, 6.07) is 16.2. The Labute approximate surface area is 179 Å². The smallest absolute Gasteiger partial charge is 0.243 e. The first-order chi connectivity index (χ1) is 14.7. The average molecular weight is 409 g/mol. The van der Waals surface area contributed by atoms with Gasteiger partial charge < -0.3 is 14.8 Å². The van der Waals surface area contributed by atoms with E-state index < -0.39 is 0 Å². The predicted octanol–water partition coefficient (Wildman–Crippen LogP) is 4.14. The fraction of sp³-hybridized carbons (Fsp3) is 0.400. The average Bonchev–Trinajstić information content (AvgIpc) is 2.79. The van der Waals surface area contributed by atoms with Gasteiger partial charge in [-0.05, 0) is 67.6 Å². The third kappa shape index (κ3) is 6.63. The van der Waals surface area contributed by atoms with Gasteiger partial charge in [0.05, 0.1) is 14.2 Å². The topological polar surface area (TPSA) is 50.8 Å². The van der Waals surface area contributed by atoms with E-state index in [1.54, 1.807) is 26.4 Å². The van der Waals surface area contributed by atoms with E-state index in [1.807, 2.05) is 18.2 Å². The van der Waals surface area contributed by atoms with Crippen LogP contribution in [0.25, 0.3) is 6.08 Å². The summed E-state index contributed by atoms with van der Waals surface area (Å²) < 4.78 is 10.5. The van der Waals surface area contributed by atoms with Crippen molar-refractivity contribution in [2.45, 2.75) is 25.8 Å². The first-order valence-corrected chi connectivity index (χ1v) is 10.6. The zero-order valence-corrected chi connectivity index (χ0v) is 18.0. The zero-order chi connectivity index (χ0) is 21.2. The molecule has 5 nitrogen and oxygen atoms in total. The molecule has 1 saturated heterocycles. The number of rotatable bonds is 9. The van der Waals surface area contributed by atoms with Crippen molar-refractivity contribution in [1.82, 2.24) is 10.2 Å². The van der Waals surface area contributed by atoms with Crippen molar-refractivity contribution in [2.75, 3.05) is 33.9 Å². The molecule has 1 amide bonds. The van der Waals surface area contributed by atoms with Crippen LogP contribution < -0.4 is 14.8 Å². The van der Waals surface area contributed by atoms with Crippen LogP contribution in [0.15, 0.2) is 54.6 Å². The van der Waals surface area contributed by atoms with Crippen LogP contribution >= 0.6 is 0 Å². The maximum atomic E-state index is 12.1. The van der Waals surface area contributed by atoms with Crippen LogP contribution in [0.1, 0.15) is 30.4 Å². The zero-order valence-electron chi connectivity index (χ0n) is 18.0. The highest BCUT2D eigenvalue weighted by Gasteiger charge is 2.19. The summed E-state index contributed by atoms with van der Waals surface area (Å²) in [6.45, 7) is 4.02. The Kier molecular flexibility index (Phi) is 8.33. The van der Waals surface area contributed by atoms with Crippen molar-refractivity contribution in [1.29, 1.82) is 0 Å². The van der Waals surface area contributed by atoms with E-state index in [0.29, 0.717) is 17.4 Å². The highest BCUT2D eigenvalue weighted by Crippen LogP contribution is 2.28. The maximum absolute atomic E-state index is 12.1. The SMILES string of the molecule is COc1ccc(/C=C/C(=O)NCCC2CCN(Cc3ccccc3)CC2)cc1OC. The number of hydrogen-bond acceptors (Lipinski definition) is 4. The van der Waals surface area contributed by atoms with Gasteiger partial charge in [0.2, 0.25) is 5.91 Å². The number of amides is 1. The van der Waals surface area contributed by atoms with Gasteiger partial charge in [-0.25, -0.2) is 0 Å². The molecule has 1 N–H and O–H groups in total. The molecule has 2 aromatic rings. The van der Waals surface area contributed by atoms with Gasteiger partial charge in [-0.2, -0.15) is 0 Å². The van der Waals surface area contributed by atoms with Gasteiger partial charge >= 0.3 is 0 Å². The van der Waals surface area contributed by atoms with Crippen molar-refractivity contribution < 1.29 is 14.3 Å². The van der Waals surface area contributed by atoms with E-state index in [0.717, 1.165) is 38.2 Å². The molecule has 0 radical (unpaired) electrons. The molecular formula is C25H32N2O3. The van der Waals surface area contributed by atoms with Crippen molar-refractivity contribution in [2.24, 2.45) is 5.92 Å². The Balaban J connectivity index is 1.35. The second-order valence-corrected chi connectivity index (χ2v) is 7.73. The molecule has 2 aromatic carbocycles. The molecule has 160 valence electrons. The number of benzene rings is 2. The largest absolute Gasteiger partial charge is 0.493 e. The summed E-state index contributed by atoms with van der Waals surface area (Å²) in [5, 5.41) is 3.01. The normalized spacial score (nSPS) is 15.3. The predicted molar refractivity (Wildman–Crippen MR) is 121 cm³/mol. The number of ether oxygens (including phenoxy) is 2. The number of hydrogen-bond donors (Lipinski definition) is 1. The molecule has 0 atom stereocenters. The van der Waals surface area contributed by atoms with Gasteiger partial charge in [0.1, 0.15) is 0 Å². The molecule has 1 aliphatic heterocycles. The standard InChI is InChI=1S/C25H32N2O3/c1-29-23-10-8-21(18-24(23)30-2)9-11-25(28)26-15-12-20-13-16-27(17-14-20)19-22-6-4-3-5-7-22/h3-11,18,20H,12-17,19H2,1-2H3,(H,26,28)/b11-9+. The summed E-state index contributed by atoms with van der Waals surface area (Å²) in [4.78, 5) is 14.7. The summed E-state index contributed by atoms with van der Waals surface area (Å²) >= 11 is 0. The van der Waals surface area contributed by atoms with Crippen molar-refractivity contribution in [3.05, 3.63) is 65.7 Å². The Morgan fingerprint density at radius 3 is 2.50 bits per heavy atom. The molecule has 0 aromatic heterocycles.